The van der Waals surface area contributed by atoms with Crippen molar-refractivity contribution >= 4 is 32.3 Å². The smallest absolute Gasteiger partial charge is 0.164 e. The third-order valence-electron chi connectivity index (χ3n) is 9.95. The molecule has 252 valence electrons. The van der Waals surface area contributed by atoms with Crippen molar-refractivity contribution in [3.8, 4) is 67.5 Å². The Labute approximate surface area is 321 Å². The van der Waals surface area contributed by atoms with Gasteiger partial charge in [0.2, 0.25) is 0 Å². The van der Waals surface area contributed by atoms with E-state index >= 15 is 0 Å². The Kier molecular flexibility index (Phi) is 6.58. The summed E-state index contributed by atoms with van der Waals surface area (Å²) in [4.78, 5) is 15.0. The van der Waals surface area contributed by atoms with E-state index in [1.807, 2.05) is 72.8 Å². The lowest BCUT2D eigenvalue weighted by molar-refractivity contribution is 1.07. The van der Waals surface area contributed by atoms with E-state index in [0.29, 0.717) is 23.0 Å². The molecule has 0 aliphatic rings. The van der Waals surface area contributed by atoms with Crippen LogP contribution in [-0.4, -0.2) is 15.0 Å². The summed E-state index contributed by atoms with van der Waals surface area (Å²) < 4.78 is 41.2. The first-order chi connectivity index (χ1) is 28.8. The van der Waals surface area contributed by atoms with Crippen LogP contribution < -0.4 is 0 Å². The minimum atomic E-state index is -0.409. The highest BCUT2D eigenvalue weighted by Gasteiger charge is 2.15. The minimum absolute atomic E-state index is 0.174. The van der Waals surface area contributed by atoms with Gasteiger partial charge in [0.15, 0.2) is 17.5 Å². The van der Waals surface area contributed by atoms with Gasteiger partial charge in [0.1, 0.15) is 0 Å². The van der Waals surface area contributed by atoms with Crippen LogP contribution in [0.4, 0.5) is 0 Å². The number of aromatic nitrogens is 3. The Hall–Kier alpha value is -7.23. The van der Waals surface area contributed by atoms with Gasteiger partial charge < -0.3 is 0 Å². The Morgan fingerprint density at radius 2 is 0.778 bits per heavy atom. The average molecular weight is 693 g/mol. The quantitative estimate of drug-likeness (QED) is 0.174. The maximum absolute atomic E-state index is 8.47. The summed E-state index contributed by atoms with van der Waals surface area (Å²) >= 11 is 0. The summed E-state index contributed by atoms with van der Waals surface area (Å²) in [5.41, 5.74) is 7.76. The highest BCUT2D eigenvalue weighted by molar-refractivity contribution is 6.00. The molecule has 0 radical (unpaired) electrons. The summed E-state index contributed by atoms with van der Waals surface area (Å²) in [7, 11) is 0. The summed E-state index contributed by atoms with van der Waals surface area (Å²) in [6, 6.07) is 56.2. The summed E-state index contributed by atoms with van der Waals surface area (Å²) in [5.74, 6) is 1.62. The average Bonchev–Trinajstić information content (AvgIpc) is 3.29. The van der Waals surface area contributed by atoms with Crippen LogP contribution >= 0.6 is 0 Å². The molecule has 1 heterocycles. The van der Waals surface area contributed by atoms with Crippen LogP contribution in [0.1, 0.15) is 6.85 Å². The second-order valence-electron chi connectivity index (χ2n) is 13.3. The van der Waals surface area contributed by atoms with Gasteiger partial charge in [-0.3, -0.25) is 0 Å². The third-order valence-corrected chi connectivity index (χ3v) is 9.95. The molecule has 1 aromatic heterocycles. The lowest BCUT2D eigenvalue weighted by Crippen LogP contribution is -2.00. The number of hydrogen-bond donors (Lipinski definition) is 0. The van der Waals surface area contributed by atoms with Gasteiger partial charge in [-0.2, -0.15) is 0 Å². The fraction of sp³-hybridized carbons (Fsp3) is 0. The second kappa shape index (κ2) is 13.4. The molecule has 0 amide bonds. The maximum atomic E-state index is 8.47. The van der Waals surface area contributed by atoms with E-state index in [-0.39, 0.29) is 29.7 Å². The van der Waals surface area contributed by atoms with Crippen molar-refractivity contribution in [3.63, 3.8) is 0 Å². The van der Waals surface area contributed by atoms with Crippen molar-refractivity contribution in [3.05, 3.63) is 200 Å². The number of nitrogens with zero attached hydrogens (tertiary/aromatic N) is 3. The van der Waals surface area contributed by atoms with Crippen molar-refractivity contribution < 1.29 is 6.85 Å². The molecule has 0 fully saturated rings. The van der Waals surface area contributed by atoms with Crippen LogP contribution in [0.25, 0.3) is 99.9 Å². The van der Waals surface area contributed by atoms with Gasteiger partial charge in [0.25, 0.3) is 0 Å². The predicted octanol–water partition coefficient (Wildman–Crippen LogP) is 13.3. The normalized spacial score (nSPS) is 12.6. The van der Waals surface area contributed by atoms with Crippen LogP contribution in [0.15, 0.2) is 200 Å². The molecule has 10 rings (SSSR count). The van der Waals surface area contributed by atoms with Crippen LogP contribution in [-0.2, 0) is 0 Å². The zero-order valence-electron chi connectivity index (χ0n) is 34.0. The molecular formula is C51H33N3. The predicted molar refractivity (Wildman–Crippen MR) is 225 cm³/mol. The molecule has 9 aromatic carbocycles. The minimum Gasteiger partial charge on any atom is -0.208 e. The highest BCUT2D eigenvalue weighted by atomic mass is 15.0. The van der Waals surface area contributed by atoms with E-state index in [2.05, 4.69) is 91.0 Å². The number of benzene rings is 9. The Morgan fingerprint density at radius 1 is 0.296 bits per heavy atom. The largest absolute Gasteiger partial charge is 0.208 e. The first-order valence-electron chi connectivity index (χ1n) is 20.3. The Bertz CT molecular complexity index is 3260. The first kappa shape index (κ1) is 26.5. The number of hydrogen-bond acceptors (Lipinski definition) is 3. The van der Waals surface area contributed by atoms with Crippen molar-refractivity contribution in [2.45, 2.75) is 0 Å². The zero-order valence-corrected chi connectivity index (χ0v) is 29.0. The lowest BCUT2D eigenvalue weighted by Gasteiger charge is -2.12. The maximum Gasteiger partial charge on any atom is 0.164 e. The second-order valence-corrected chi connectivity index (χ2v) is 13.3. The van der Waals surface area contributed by atoms with E-state index in [1.165, 1.54) is 21.9 Å². The molecule has 0 atom stereocenters. The molecule has 0 aliphatic heterocycles. The fourth-order valence-electron chi connectivity index (χ4n) is 7.19. The standard InChI is InChI=1S/C51H33N3/c1-3-11-34(12-4-1)38-23-24-41-32-46(26-25-40(41)30-38)51-53-49(36-14-5-2-6-15-36)52-50(54-51)45-19-9-17-44(33-45)47-20-10-18-43-31-42(27-28-48(43)47)39-22-21-35-13-7-8-16-37(35)29-39/h1-33H/i1D,3D,4D,11D,12D. The molecule has 0 spiro atoms. The van der Waals surface area contributed by atoms with Gasteiger partial charge in [-0.1, -0.05) is 170 Å². The zero-order chi connectivity index (χ0) is 40.2. The molecule has 0 N–H and O–H groups in total. The monoisotopic (exact) mass is 692 g/mol. The molecule has 0 aliphatic carbocycles. The highest BCUT2D eigenvalue weighted by Crippen LogP contribution is 2.35. The molecular weight excluding hydrogens is 655 g/mol. The topological polar surface area (TPSA) is 38.7 Å². The Balaban J connectivity index is 1.04. The van der Waals surface area contributed by atoms with Crippen LogP contribution in [0.3, 0.4) is 0 Å². The lowest BCUT2D eigenvalue weighted by atomic mass is 9.94. The molecule has 54 heavy (non-hydrogen) atoms. The molecule has 3 heteroatoms. The summed E-state index contributed by atoms with van der Waals surface area (Å²) in [5, 5.41) is 6.50. The van der Waals surface area contributed by atoms with E-state index in [1.54, 1.807) is 6.07 Å². The molecule has 3 nitrogen and oxygen atoms in total. The third kappa shape index (κ3) is 5.98. The molecule has 0 saturated carbocycles. The number of fused-ring (bicyclic) bond motifs is 3. The number of rotatable bonds is 6. The van der Waals surface area contributed by atoms with Crippen LogP contribution in [0.2, 0.25) is 0 Å². The van der Waals surface area contributed by atoms with Crippen molar-refractivity contribution in [2.75, 3.05) is 0 Å². The van der Waals surface area contributed by atoms with Gasteiger partial charge in [-0.15, -0.1) is 0 Å². The molecule has 0 saturated heterocycles. The Morgan fingerprint density at radius 3 is 1.54 bits per heavy atom. The van der Waals surface area contributed by atoms with E-state index in [0.717, 1.165) is 49.4 Å². The summed E-state index contributed by atoms with van der Waals surface area (Å²) in [6.07, 6.45) is 0. The van der Waals surface area contributed by atoms with Gasteiger partial charge in [0.05, 0.1) is 6.85 Å². The van der Waals surface area contributed by atoms with Crippen molar-refractivity contribution in [1.82, 2.24) is 15.0 Å². The fourth-order valence-corrected chi connectivity index (χ4v) is 7.19. The molecule has 10 aromatic rings. The van der Waals surface area contributed by atoms with E-state index in [9.17, 15) is 0 Å². The molecule has 0 unspecified atom stereocenters. The summed E-state index contributed by atoms with van der Waals surface area (Å²) in [6.45, 7) is 0. The van der Waals surface area contributed by atoms with Gasteiger partial charge in [-0.05, 0) is 96.0 Å². The van der Waals surface area contributed by atoms with E-state index in [4.69, 9.17) is 21.8 Å². The van der Waals surface area contributed by atoms with Gasteiger partial charge >= 0.3 is 0 Å². The van der Waals surface area contributed by atoms with Gasteiger partial charge in [0, 0.05) is 16.7 Å². The molecule has 0 bridgehead atoms. The van der Waals surface area contributed by atoms with Crippen molar-refractivity contribution in [1.29, 1.82) is 0 Å². The SMILES string of the molecule is [2H]c1c([2H])c([2H])c(-c2ccc3cc(-c4nc(-c5ccccc5)nc(-c5cccc(-c6cccc7cc(-c8ccc9ccccc9c8)ccc67)c5)n4)ccc3c2)c([2H])c1[2H]. The van der Waals surface area contributed by atoms with E-state index < -0.39 is 6.04 Å². The van der Waals surface area contributed by atoms with Crippen molar-refractivity contribution in [2.24, 2.45) is 0 Å². The van der Waals surface area contributed by atoms with Gasteiger partial charge in [-0.25, -0.2) is 15.0 Å². The first-order valence-corrected chi connectivity index (χ1v) is 17.8. The van der Waals surface area contributed by atoms with Crippen LogP contribution in [0.5, 0.6) is 0 Å². The van der Waals surface area contributed by atoms with Crippen LogP contribution in [0, 0.1) is 0 Å².